The largest absolute Gasteiger partial charge is 0.391 e. The molecule has 0 saturated carbocycles. The van der Waals surface area contributed by atoms with Crippen LogP contribution in [0, 0.1) is 17.0 Å². The highest BCUT2D eigenvalue weighted by Crippen LogP contribution is 2.41. The molecule has 3 heteroatoms. The van der Waals surface area contributed by atoms with Gasteiger partial charge in [0.25, 0.3) is 0 Å². The molecule has 138 valence electrons. The van der Waals surface area contributed by atoms with Crippen molar-refractivity contribution in [1.29, 1.82) is 0 Å². The van der Waals surface area contributed by atoms with E-state index in [1.54, 1.807) is 12.3 Å². The summed E-state index contributed by atoms with van der Waals surface area (Å²) < 4.78 is 27.4. The lowest BCUT2D eigenvalue weighted by Crippen LogP contribution is -2.32. The van der Waals surface area contributed by atoms with Gasteiger partial charge in [-0.2, -0.15) is 0 Å². The van der Waals surface area contributed by atoms with Gasteiger partial charge in [-0.1, -0.05) is 46.4 Å². The smallest absolute Gasteiger partial charge is 0.159 e. The van der Waals surface area contributed by atoms with Crippen LogP contribution in [0.3, 0.4) is 0 Å². The van der Waals surface area contributed by atoms with Gasteiger partial charge in [-0.15, -0.1) is 5.73 Å². The second-order valence-electron chi connectivity index (χ2n) is 7.84. The Hall–Kier alpha value is -1.86. The van der Waals surface area contributed by atoms with E-state index in [1.807, 2.05) is 6.92 Å². The zero-order valence-corrected chi connectivity index (χ0v) is 16.0. The van der Waals surface area contributed by atoms with Crippen LogP contribution in [-0.4, -0.2) is 6.54 Å². The van der Waals surface area contributed by atoms with Crippen LogP contribution in [0.2, 0.25) is 0 Å². The van der Waals surface area contributed by atoms with E-state index in [9.17, 15) is 8.78 Å². The lowest BCUT2D eigenvalue weighted by atomic mass is 9.68. The Kier molecular flexibility index (Phi) is 7.63. The molecule has 25 heavy (non-hydrogen) atoms. The molecule has 0 aliphatic carbocycles. The topological polar surface area (TPSA) is 12.0 Å². The first-order valence-electron chi connectivity index (χ1n) is 8.83. The summed E-state index contributed by atoms with van der Waals surface area (Å²) in [4.78, 5) is 0. The van der Waals surface area contributed by atoms with E-state index in [1.165, 1.54) is 12.1 Å². The quantitative estimate of drug-likeness (QED) is 0.410. The first-order chi connectivity index (χ1) is 11.7. The highest BCUT2D eigenvalue weighted by molar-refractivity contribution is 5.36. The van der Waals surface area contributed by atoms with Crippen LogP contribution in [0.5, 0.6) is 0 Å². The van der Waals surface area contributed by atoms with Crippen LogP contribution in [0.4, 0.5) is 8.78 Å². The Morgan fingerprint density at radius 2 is 1.84 bits per heavy atom. The first-order valence-corrected chi connectivity index (χ1v) is 8.83. The van der Waals surface area contributed by atoms with Gasteiger partial charge in [0.05, 0.1) is 0 Å². The molecule has 1 nitrogen and oxygen atoms in total. The third-order valence-corrected chi connectivity index (χ3v) is 4.83. The molecule has 0 aromatic heterocycles. The first kappa shape index (κ1) is 21.2. The van der Waals surface area contributed by atoms with Crippen LogP contribution in [0.25, 0.3) is 0 Å². The molecular formula is C22H31F2N. The van der Waals surface area contributed by atoms with Crippen LogP contribution in [0.1, 0.15) is 58.9 Å². The summed E-state index contributed by atoms with van der Waals surface area (Å²) in [7, 11) is 0. The Morgan fingerprint density at radius 3 is 2.36 bits per heavy atom. The molecule has 0 fully saturated rings. The van der Waals surface area contributed by atoms with Crippen molar-refractivity contribution in [3.05, 3.63) is 66.1 Å². The van der Waals surface area contributed by atoms with E-state index < -0.39 is 17.0 Å². The van der Waals surface area contributed by atoms with Crippen LogP contribution >= 0.6 is 0 Å². The summed E-state index contributed by atoms with van der Waals surface area (Å²) in [5, 5.41) is 3.12. The van der Waals surface area contributed by atoms with Gasteiger partial charge in [0, 0.05) is 12.0 Å². The van der Waals surface area contributed by atoms with Crippen LogP contribution in [0.15, 0.2) is 48.9 Å². The fraction of sp³-hybridized carbons (Fsp3) is 0.500. The van der Waals surface area contributed by atoms with Crippen LogP contribution < -0.4 is 5.32 Å². The van der Waals surface area contributed by atoms with Gasteiger partial charge in [-0.05, 0) is 61.1 Å². The van der Waals surface area contributed by atoms with Gasteiger partial charge in [0.15, 0.2) is 11.6 Å². The van der Waals surface area contributed by atoms with Gasteiger partial charge in [-0.3, -0.25) is 0 Å². The number of halogens is 2. The third-order valence-electron chi connectivity index (χ3n) is 4.83. The lowest BCUT2D eigenvalue weighted by molar-refractivity contribution is 0.323. The van der Waals surface area contributed by atoms with Gasteiger partial charge >= 0.3 is 0 Å². The molecule has 1 atom stereocenters. The summed E-state index contributed by atoms with van der Waals surface area (Å²) in [6.07, 6.45) is 5.26. The molecule has 1 aromatic carbocycles. The van der Waals surface area contributed by atoms with E-state index in [4.69, 9.17) is 0 Å². The molecule has 0 amide bonds. The fourth-order valence-electron chi connectivity index (χ4n) is 3.28. The number of allylic oxidation sites excluding steroid dienone is 1. The molecule has 0 aliphatic rings. The monoisotopic (exact) mass is 347 g/mol. The number of nitrogens with one attached hydrogen (secondary N) is 1. The SMILES string of the molecule is C=C=C(C)C(CCCC(C)(C)C)(CCNC=C)c1ccc(F)c(F)c1. The maximum Gasteiger partial charge on any atom is 0.159 e. The highest BCUT2D eigenvalue weighted by atomic mass is 19.2. The molecule has 0 radical (unpaired) electrons. The molecule has 0 aliphatic heterocycles. The van der Waals surface area contributed by atoms with Gasteiger partial charge < -0.3 is 5.32 Å². The summed E-state index contributed by atoms with van der Waals surface area (Å²) in [6.45, 7) is 16.8. The number of hydrogen-bond donors (Lipinski definition) is 1. The van der Waals surface area contributed by atoms with Crippen molar-refractivity contribution in [2.24, 2.45) is 5.41 Å². The predicted molar refractivity (Wildman–Crippen MR) is 102 cm³/mol. The molecular weight excluding hydrogens is 316 g/mol. The average Bonchev–Trinajstić information content (AvgIpc) is 2.54. The second kappa shape index (κ2) is 9.01. The minimum atomic E-state index is -0.822. The van der Waals surface area contributed by atoms with Crippen LogP contribution in [-0.2, 0) is 5.41 Å². The van der Waals surface area contributed by atoms with Gasteiger partial charge in [0.2, 0.25) is 0 Å². The Balaban J connectivity index is 3.29. The number of hydrogen-bond acceptors (Lipinski definition) is 1. The third kappa shape index (κ3) is 5.86. The highest BCUT2D eigenvalue weighted by Gasteiger charge is 2.34. The molecule has 0 heterocycles. The standard InChI is InChI=1S/C22H31F2N/c1-7-17(3)22(14-15-25-8-2,13-9-12-21(4,5)6)18-10-11-19(23)20(24)16-18/h8,10-11,16,25H,1-2,9,12-15H2,3-6H3. The molecule has 1 aromatic rings. The summed E-state index contributed by atoms with van der Waals surface area (Å²) >= 11 is 0. The number of benzene rings is 1. The minimum absolute atomic E-state index is 0.227. The van der Waals surface area contributed by atoms with E-state index in [0.717, 1.165) is 36.8 Å². The van der Waals surface area contributed by atoms with E-state index in [2.05, 4.69) is 45.0 Å². The normalized spacial score (nSPS) is 13.7. The van der Waals surface area contributed by atoms with Crippen molar-refractivity contribution >= 4 is 0 Å². The average molecular weight is 347 g/mol. The van der Waals surface area contributed by atoms with E-state index in [-0.39, 0.29) is 5.41 Å². The van der Waals surface area contributed by atoms with Crippen molar-refractivity contribution < 1.29 is 8.78 Å². The summed E-state index contributed by atoms with van der Waals surface area (Å²) in [5.41, 5.74) is 4.55. The Labute approximate surface area is 151 Å². The van der Waals surface area contributed by atoms with Crippen molar-refractivity contribution in [1.82, 2.24) is 5.32 Å². The minimum Gasteiger partial charge on any atom is -0.391 e. The van der Waals surface area contributed by atoms with Crippen molar-refractivity contribution in [2.75, 3.05) is 6.54 Å². The Morgan fingerprint density at radius 1 is 1.16 bits per heavy atom. The van der Waals surface area contributed by atoms with Crippen molar-refractivity contribution in [2.45, 2.75) is 58.8 Å². The summed E-state index contributed by atoms with van der Waals surface area (Å²) in [6, 6.07) is 4.21. The van der Waals surface area contributed by atoms with E-state index in [0.29, 0.717) is 6.54 Å². The molecule has 0 bridgehead atoms. The second-order valence-corrected chi connectivity index (χ2v) is 7.84. The fourth-order valence-corrected chi connectivity index (χ4v) is 3.28. The predicted octanol–water partition coefficient (Wildman–Crippen LogP) is 6.27. The molecule has 0 saturated heterocycles. The lowest BCUT2D eigenvalue weighted by Gasteiger charge is -2.36. The molecule has 1 rings (SSSR count). The maximum atomic E-state index is 13.9. The zero-order chi connectivity index (χ0) is 19.1. The molecule has 1 N–H and O–H groups in total. The molecule has 1 unspecified atom stereocenters. The van der Waals surface area contributed by atoms with Gasteiger partial charge in [-0.25, -0.2) is 8.78 Å². The van der Waals surface area contributed by atoms with Crippen molar-refractivity contribution in [3.8, 4) is 0 Å². The zero-order valence-electron chi connectivity index (χ0n) is 16.0. The maximum absolute atomic E-state index is 13.9. The van der Waals surface area contributed by atoms with Crippen molar-refractivity contribution in [3.63, 3.8) is 0 Å². The number of rotatable bonds is 9. The Bertz CT molecular complexity index is 636. The van der Waals surface area contributed by atoms with Gasteiger partial charge in [0.1, 0.15) is 0 Å². The molecule has 0 spiro atoms. The van der Waals surface area contributed by atoms with E-state index >= 15 is 0 Å². The summed E-state index contributed by atoms with van der Waals surface area (Å²) in [5.74, 6) is -1.64.